The van der Waals surface area contributed by atoms with Crippen LogP contribution in [-0.4, -0.2) is 39.4 Å². The third-order valence-corrected chi connectivity index (χ3v) is 4.42. The Labute approximate surface area is 158 Å². The Morgan fingerprint density at radius 1 is 1.22 bits per heavy atom. The third kappa shape index (κ3) is 4.10. The summed E-state index contributed by atoms with van der Waals surface area (Å²) in [7, 11) is 0. The number of rotatable bonds is 8. The van der Waals surface area contributed by atoms with Crippen molar-refractivity contribution in [1.82, 2.24) is 20.2 Å². The molecule has 1 N–H and O–H groups in total. The van der Waals surface area contributed by atoms with Gasteiger partial charge in [0.05, 0.1) is 18.8 Å². The Morgan fingerprint density at radius 2 is 2.00 bits per heavy atom. The lowest BCUT2D eigenvalue weighted by Crippen LogP contribution is -2.29. The molecule has 0 amide bonds. The Hall–Kier alpha value is -2.90. The summed E-state index contributed by atoms with van der Waals surface area (Å²) < 4.78 is 12.6. The van der Waals surface area contributed by atoms with Crippen molar-refractivity contribution in [2.45, 2.75) is 46.1 Å². The van der Waals surface area contributed by atoms with Gasteiger partial charge in [0.25, 0.3) is 0 Å². The van der Waals surface area contributed by atoms with E-state index in [1.165, 1.54) is 0 Å². The second-order valence-electron chi connectivity index (χ2n) is 6.36. The molecule has 1 unspecified atom stereocenters. The van der Waals surface area contributed by atoms with Crippen LogP contribution >= 0.6 is 0 Å². The van der Waals surface area contributed by atoms with Gasteiger partial charge in [0.1, 0.15) is 11.8 Å². The number of carbonyl (C=O) groups excluding carboxylic acids is 1. The zero-order valence-corrected chi connectivity index (χ0v) is 15.9. The molecular weight excluding hydrogens is 346 g/mol. The van der Waals surface area contributed by atoms with Gasteiger partial charge in [-0.3, -0.25) is 0 Å². The van der Waals surface area contributed by atoms with E-state index in [-0.39, 0.29) is 5.97 Å². The van der Waals surface area contributed by atoms with Crippen molar-refractivity contribution in [2.75, 3.05) is 18.5 Å². The molecule has 2 heterocycles. The first-order valence-corrected chi connectivity index (χ1v) is 9.31. The van der Waals surface area contributed by atoms with E-state index in [1.54, 1.807) is 11.6 Å². The largest absolute Gasteiger partial charge is 0.494 e. The molecular formula is C19H25N5O3. The Morgan fingerprint density at radius 3 is 2.70 bits per heavy atom. The molecule has 0 bridgehead atoms. The summed E-state index contributed by atoms with van der Waals surface area (Å²) in [6, 6.07) is 7.23. The molecule has 0 saturated heterocycles. The molecule has 1 atom stereocenters. The van der Waals surface area contributed by atoms with Crippen molar-refractivity contribution in [3.63, 3.8) is 0 Å². The fourth-order valence-electron chi connectivity index (χ4n) is 3.08. The number of anilines is 1. The summed E-state index contributed by atoms with van der Waals surface area (Å²) in [4.78, 5) is 12.6. The molecule has 27 heavy (non-hydrogen) atoms. The first-order chi connectivity index (χ1) is 13.2. The summed E-state index contributed by atoms with van der Waals surface area (Å²) in [5, 5.41) is 14.8. The number of hydrogen-bond acceptors (Lipinski definition) is 7. The van der Waals surface area contributed by atoms with Gasteiger partial charge in [-0.15, -0.1) is 0 Å². The van der Waals surface area contributed by atoms with Crippen LogP contribution in [0, 0.1) is 0 Å². The molecule has 2 aromatic rings. The molecule has 8 heteroatoms. The third-order valence-electron chi connectivity index (χ3n) is 4.42. The highest BCUT2D eigenvalue weighted by Crippen LogP contribution is 2.35. The first-order valence-electron chi connectivity index (χ1n) is 9.31. The van der Waals surface area contributed by atoms with E-state index in [0.29, 0.717) is 30.4 Å². The average molecular weight is 371 g/mol. The molecule has 0 saturated carbocycles. The lowest BCUT2D eigenvalue weighted by Gasteiger charge is -2.27. The van der Waals surface area contributed by atoms with Gasteiger partial charge in [-0.05, 0) is 48.4 Å². The van der Waals surface area contributed by atoms with Gasteiger partial charge in [-0.25, -0.2) is 4.79 Å². The maximum absolute atomic E-state index is 12.6. The first kappa shape index (κ1) is 18.9. The van der Waals surface area contributed by atoms with Crippen LogP contribution in [0.5, 0.6) is 5.75 Å². The van der Waals surface area contributed by atoms with Crippen molar-refractivity contribution in [1.29, 1.82) is 0 Å². The number of nitrogens with zero attached hydrogens (tertiary/aromatic N) is 4. The van der Waals surface area contributed by atoms with E-state index < -0.39 is 6.04 Å². The van der Waals surface area contributed by atoms with Crippen LogP contribution in [0.15, 0.2) is 35.5 Å². The quantitative estimate of drug-likeness (QED) is 0.563. The number of fused-ring (bicyclic) bond motifs is 1. The summed E-state index contributed by atoms with van der Waals surface area (Å²) in [5.74, 6) is 0.915. The zero-order chi connectivity index (χ0) is 19.2. The molecule has 0 spiro atoms. The van der Waals surface area contributed by atoms with Crippen molar-refractivity contribution in [3.8, 4) is 5.75 Å². The molecule has 8 nitrogen and oxygen atoms in total. The van der Waals surface area contributed by atoms with E-state index in [0.717, 1.165) is 30.6 Å². The molecule has 1 aromatic heterocycles. The van der Waals surface area contributed by atoms with Gasteiger partial charge < -0.3 is 14.8 Å². The van der Waals surface area contributed by atoms with Gasteiger partial charge >= 0.3 is 5.97 Å². The predicted octanol–water partition coefficient (Wildman–Crippen LogP) is 3.09. The highest BCUT2D eigenvalue weighted by atomic mass is 16.5. The van der Waals surface area contributed by atoms with Gasteiger partial charge in [0.2, 0.25) is 5.95 Å². The minimum atomic E-state index is -0.454. The zero-order valence-electron chi connectivity index (χ0n) is 15.9. The summed E-state index contributed by atoms with van der Waals surface area (Å²) in [5.41, 5.74) is 2.06. The molecule has 144 valence electrons. The molecule has 3 rings (SSSR count). The van der Waals surface area contributed by atoms with Crippen LogP contribution in [-0.2, 0) is 9.53 Å². The number of ether oxygens (including phenoxy) is 2. The number of allylic oxidation sites excluding steroid dienone is 1. The van der Waals surface area contributed by atoms with Crippen LogP contribution in [0.1, 0.15) is 51.6 Å². The molecule has 1 aliphatic heterocycles. The van der Waals surface area contributed by atoms with Gasteiger partial charge in [0.15, 0.2) is 0 Å². The van der Waals surface area contributed by atoms with Crippen LogP contribution in [0.3, 0.4) is 0 Å². The second kappa shape index (κ2) is 8.66. The smallest absolute Gasteiger partial charge is 0.338 e. The standard InChI is InChI=1S/C19H25N5O3/c1-4-6-7-12-27-15-10-8-14(9-11-15)17-16(18(25)26-5-2)13(3)20-19-21-22-23-24(17)19/h8-11,17H,4-7,12H2,1-3H3,(H,20,21,23). The van der Waals surface area contributed by atoms with Gasteiger partial charge in [-0.1, -0.05) is 37.0 Å². The topological polar surface area (TPSA) is 91.2 Å². The highest BCUT2D eigenvalue weighted by Gasteiger charge is 2.34. The Balaban J connectivity index is 1.87. The van der Waals surface area contributed by atoms with Gasteiger partial charge in [0, 0.05) is 5.70 Å². The molecule has 0 fully saturated rings. The van der Waals surface area contributed by atoms with Crippen molar-refractivity contribution in [3.05, 3.63) is 41.1 Å². The van der Waals surface area contributed by atoms with Crippen LogP contribution < -0.4 is 10.1 Å². The molecule has 1 aromatic carbocycles. The molecule has 0 radical (unpaired) electrons. The molecule has 1 aliphatic rings. The predicted molar refractivity (Wildman–Crippen MR) is 100 cm³/mol. The van der Waals surface area contributed by atoms with Crippen molar-refractivity contribution >= 4 is 11.9 Å². The lowest BCUT2D eigenvalue weighted by atomic mass is 9.96. The number of aromatic nitrogens is 4. The molecule has 0 aliphatic carbocycles. The summed E-state index contributed by atoms with van der Waals surface area (Å²) in [6.45, 7) is 6.77. The fraction of sp³-hybridized carbons (Fsp3) is 0.474. The normalized spacial score (nSPS) is 15.9. The summed E-state index contributed by atoms with van der Waals surface area (Å²) >= 11 is 0. The maximum Gasteiger partial charge on any atom is 0.338 e. The van der Waals surface area contributed by atoms with E-state index in [4.69, 9.17) is 9.47 Å². The summed E-state index contributed by atoms with van der Waals surface area (Å²) in [6.07, 6.45) is 3.35. The van der Waals surface area contributed by atoms with Crippen LogP contribution in [0.25, 0.3) is 0 Å². The minimum absolute atomic E-state index is 0.301. The van der Waals surface area contributed by atoms with Gasteiger partial charge in [-0.2, -0.15) is 4.68 Å². The number of esters is 1. The Kier molecular flexibility index (Phi) is 6.05. The van der Waals surface area contributed by atoms with E-state index in [1.807, 2.05) is 31.2 Å². The number of tetrazole rings is 1. The monoisotopic (exact) mass is 371 g/mol. The SMILES string of the molecule is CCCCCOc1ccc(C2C(C(=O)OCC)=C(C)Nc3nnnn32)cc1. The number of benzene rings is 1. The number of unbranched alkanes of at least 4 members (excludes halogenated alkanes) is 2. The lowest BCUT2D eigenvalue weighted by molar-refractivity contribution is -0.139. The highest BCUT2D eigenvalue weighted by molar-refractivity contribution is 5.92. The van der Waals surface area contributed by atoms with E-state index >= 15 is 0 Å². The number of hydrogen-bond donors (Lipinski definition) is 1. The van der Waals surface area contributed by atoms with Crippen molar-refractivity contribution < 1.29 is 14.3 Å². The van der Waals surface area contributed by atoms with Crippen molar-refractivity contribution in [2.24, 2.45) is 0 Å². The fourth-order valence-corrected chi connectivity index (χ4v) is 3.08. The van der Waals surface area contributed by atoms with Crippen LogP contribution in [0.2, 0.25) is 0 Å². The van der Waals surface area contributed by atoms with E-state index in [9.17, 15) is 4.79 Å². The number of nitrogens with one attached hydrogen (secondary N) is 1. The average Bonchev–Trinajstić information content (AvgIpc) is 3.13. The Bertz CT molecular complexity index is 813. The minimum Gasteiger partial charge on any atom is -0.494 e. The number of carbonyl (C=O) groups is 1. The van der Waals surface area contributed by atoms with Crippen LogP contribution in [0.4, 0.5) is 5.95 Å². The van der Waals surface area contributed by atoms with E-state index in [2.05, 4.69) is 27.8 Å². The maximum atomic E-state index is 12.6. The second-order valence-corrected chi connectivity index (χ2v) is 6.36.